The number of anilines is 1. The number of benzene rings is 3. The highest BCUT2D eigenvalue weighted by molar-refractivity contribution is 9.10. The molecule has 1 aromatic heterocycles. The van der Waals surface area contributed by atoms with Crippen molar-refractivity contribution in [1.29, 1.82) is 0 Å². The molecule has 1 aliphatic heterocycles. The van der Waals surface area contributed by atoms with Crippen LogP contribution >= 0.6 is 27.7 Å². The van der Waals surface area contributed by atoms with E-state index in [1.807, 2.05) is 59.2 Å². The molecule has 5 nitrogen and oxygen atoms in total. The Balaban J connectivity index is 1.34. The van der Waals surface area contributed by atoms with Crippen molar-refractivity contribution in [2.45, 2.75) is 30.7 Å². The van der Waals surface area contributed by atoms with Gasteiger partial charge in [0.1, 0.15) is 5.69 Å². The Hall–Kier alpha value is -3.50. The van der Waals surface area contributed by atoms with Crippen LogP contribution in [-0.4, -0.2) is 22.1 Å². The van der Waals surface area contributed by atoms with Crippen LogP contribution < -0.4 is 10.2 Å². The molecule has 0 spiro atoms. The molecule has 0 saturated heterocycles. The first kappa shape index (κ1) is 27.1. The van der Waals surface area contributed by atoms with Crippen molar-refractivity contribution in [3.05, 3.63) is 117 Å². The molecule has 0 atom stereocenters. The number of rotatable bonds is 6. The highest BCUT2D eigenvalue weighted by Gasteiger charge is 2.30. The number of alkyl halides is 3. The molecular formula is C29H23BrF3N3O2S. The van der Waals surface area contributed by atoms with E-state index in [0.29, 0.717) is 17.8 Å². The first-order valence-corrected chi connectivity index (χ1v) is 13.9. The lowest BCUT2D eigenvalue weighted by Gasteiger charge is -2.22. The Morgan fingerprint density at radius 1 is 0.923 bits per heavy atom. The number of fused-ring (bicyclic) bond motifs is 2. The van der Waals surface area contributed by atoms with Gasteiger partial charge in [-0.1, -0.05) is 46.3 Å². The van der Waals surface area contributed by atoms with Crippen molar-refractivity contribution in [2.24, 2.45) is 0 Å². The van der Waals surface area contributed by atoms with Crippen molar-refractivity contribution in [3.63, 3.8) is 0 Å². The molecule has 39 heavy (non-hydrogen) atoms. The number of hydrogen-bond donors (Lipinski definition) is 1. The van der Waals surface area contributed by atoms with Crippen LogP contribution in [0.3, 0.4) is 0 Å². The maximum absolute atomic E-state index is 13.4. The molecule has 4 aromatic rings. The number of amides is 2. The van der Waals surface area contributed by atoms with Gasteiger partial charge in [-0.25, -0.2) is 0 Å². The van der Waals surface area contributed by atoms with E-state index in [4.69, 9.17) is 0 Å². The molecule has 1 N–H and O–H groups in total. The van der Waals surface area contributed by atoms with E-state index in [1.165, 1.54) is 17.8 Å². The van der Waals surface area contributed by atoms with Crippen LogP contribution in [0.1, 0.15) is 32.9 Å². The molecule has 0 unspecified atom stereocenters. The third-order valence-electron chi connectivity index (χ3n) is 6.42. The highest BCUT2D eigenvalue weighted by atomic mass is 79.9. The summed E-state index contributed by atoms with van der Waals surface area (Å²) in [6.45, 7) is 0.629. The van der Waals surface area contributed by atoms with Crippen LogP contribution in [0.25, 0.3) is 0 Å². The molecule has 10 heteroatoms. The van der Waals surface area contributed by atoms with Crippen LogP contribution in [-0.2, 0) is 30.6 Å². The van der Waals surface area contributed by atoms with Gasteiger partial charge in [-0.3, -0.25) is 9.59 Å². The molecule has 200 valence electrons. The van der Waals surface area contributed by atoms with E-state index in [9.17, 15) is 22.8 Å². The van der Waals surface area contributed by atoms with Gasteiger partial charge in [-0.15, -0.1) is 11.8 Å². The fourth-order valence-corrected chi connectivity index (χ4v) is 5.50. The zero-order valence-corrected chi connectivity index (χ0v) is 22.9. The summed E-state index contributed by atoms with van der Waals surface area (Å²) >= 11 is 4.87. The number of thioether (sulfide) groups is 1. The smallest absolute Gasteiger partial charge is 0.347 e. The van der Waals surface area contributed by atoms with Gasteiger partial charge in [-0.2, -0.15) is 13.2 Å². The summed E-state index contributed by atoms with van der Waals surface area (Å²) in [5, 5.41) is 2.74. The molecule has 3 aromatic carbocycles. The lowest BCUT2D eigenvalue weighted by atomic mass is 10.1. The van der Waals surface area contributed by atoms with E-state index in [2.05, 4.69) is 21.2 Å². The number of nitrogens with zero attached hydrogens (tertiary/aromatic N) is 2. The largest absolute Gasteiger partial charge is 0.416 e. The van der Waals surface area contributed by atoms with Gasteiger partial charge in [0.25, 0.3) is 5.91 Å². The van der Waals surface area contributed by atoms with Crippen LogP contribution in [0.15, 0.2) is 94.3 Å². The third kappa shape index (κ3) is 6.23. The van der Waals surface area contributed by atoms with Gasteiger partial charge in [0.15, 0.2) is 0 Å². The lowest BCUT2D eigenvalue weighted by molar-refractivity contribution is -0.137. The number of nitrogens with one attached hydrogen (secondary N) is 1. The minimum absolute atomic E-state index is 0.0439. The number of para-hydroxylation sites is 1. The molecule has 2 amide bonds. The monoisotopic (exact) mass is 613 g/mol. The normalized spacial score (nSPS) is 12.9. The Bertz CT molecular complexity index is 1520. The van der Waals surface area contributed by atoms with Crippen molar-refractivity contribution >= 4 is 45.2 Å². The minimum Gasteiger partial charge on any atom is -0.347 e. The maximum Gasteiger partial charge on any atom is 0.416 e. The third-order valence-corrected chi connectivity index (χ3v) is 7.94. The van der Waals surface area contributed by atoms with Crippen molar-refractivity contribution < 1.29 is 22.8 Å². The summed E-state index contributed by atoms with van der Waals surface area (Å²) in [7, 11) is 0. The van der Waals surface area contributed by atoms with Crippen molar-refractivity contribution in [1.82, 2.24) is 9.88 Å². The van der Waals surface area contributed by atoms with Crippen LogP contribution in [0.2, 0.25) is 0 Å². The average Bonchev–Trinajstić information content (AvgIpc) is 3.24. The van der Waals surface area contributed by atoms with Crippen molar-refractivity contribution in [2.75, 3.05) is 10.7 Å². The maximum atomic E-state index is 13.4. The number of halogens is 4. The fraction of sp³-hybridized carbons (Fsp3) is 0.172. The van der Waals surface area contributed by atoms with Gasteiger partial charge < -0.3 is 14.8 Å². The Labute approximate surface area is 236 Å². The molecule has 0 aliphatic carbocycles. The topological polar surface area (TPSA) is 54.3 Å². The molecule has 2 heterocycles. The Morgan fingerprint density at radius 2 is 1.69 bits per heavy atom. The van der Waals surface area contributed by atoms with E-state index in [1.54, 1.807) is 17.0 Å². The molecule has 0 radical (unpaired) electrons. The SMILES string of the molecule is O=C(NCc1cccc(C(F)(F)F)c1)c1ccc2n1Cc1ccccc1N(C(=O)CSc1ccc(Br)cc1)C2. The number of carbonyl (C=O) groups excluding carboxylic acids is 2. The predicted octanol–water partition coefficient (Wildman–Crippen LogP) is 6.89. The summed E-state index contributed by atoms with van der Waals surface area (Å²) in [6, 6.07) is 23.8. The summed E-state index contributed by atoms with van der Waals surface area (Å²) in [4.78, 5) is 29.2. The predicted molar refractivity (Wildman–Crippen MR) is 149 cm³/mol. The summed E-state index contributed by atoms with van der Waals surface area (Å²) < 4.78 is 42.0. The summed E-state index contributed by atoms with van der Waals surface area (Å²) in [6.07, 6.45) is -4.45. The second-order valence-corrected chi connectivity index (χ2v) is 11.0. The number of carbonyl (C=O) groups is 2. The second kappa shape index (κ2) is 11.3. The zero-order valence-electron chi connectivity index (χ0n) is 20.5. The first-order valence-electron chi connectivity index (χ1n) is 12.1. The van der Waals surface area contributed by atoms with Crippen LogP contribution in [0.5, 0.6) is 0 Å². The van der Waals surface area contributed by atoms with E-state index < -0.39 is 17.6 Å². The van der Waals surface area contributed by atoms with E-state index in [0.717, 1.165) is 38.4 Å². The van der Waals surface area contributed by atoms with Gasteiger partial charge in [-0.05, 0) is 65.7 Å². The molecule has 5 rings (SSSR count). The van der Waals surface area contributed by atoms with Gasteiger partial charge >= 0.3 is 6.18 Å². The van der Waals surface area contributed by atoms with Crippen LogP contribution in [0.4, 0.5) is 18.9 Å². The quantitative estimate of drug-likeness (QED) is 0.241. The first-order chi connectivity index (χ1) is 18.7. The Morgan fingerprint density at radius 3 is 2.46 bits per heavy atom. The second-order valence-electron chi connectivity index (χ2n) is 9.03. The van der Waals surface area contributed by atoms with Crippen LogP contribution in [0, 0.1) is 0 Å². The van der Waals surface area contributed by atoms with Gasteiger partial charge in [0.2, 0.25) is 5.91 Å². The molecule has 0 fully saturated rings. The van der Waals surface area contributed by atoms with E-state index >= 15 is 0 Å². The molecule has 1 aliphatic rings. The van der Waals surface area contributed by atoms with Gasteiger partial charge in [0.05, 0.1) is 24.4 Å². The summed E-state index contributed by atoms with van der Waals surface area (Å²) in [5.41, 5.74) is 2.44. The van der Waals surface area contributed by atoms with Gasteiger partial charge in [0, 0.05) is 27.3 Å². The standard InChI is InChI=1S/C29H23BrF3N3O2S/c30-22-8-11-24(12-9-22)39-18-27(37)36-17-23-10-13-26(35(23)16-20-5-1-2-7-25(20)36)28(38)34-15-19-4-3-6-21(14-19)29(31,32)33/h1-14H,15-18H2,(H,34,38). The lowest BCUT2D eigenvalue weighted by Crippen LogP contribution is -2.32. The zero-order chi connectivity index (χ0) is 27.6. The summed E-state index contributed by atoms with van der Waals surface area (Å²) in [5.74, 6) is -0.205. The highest BCUT2D eigenvalue weighted by Crippen LogP contribution is 2.31. The van der Waals surface area contributed by atoms with Crippen molar-refractivity contribution in [3.8, 4) is 0 Å². The Kier molecular flexibility index (Phi) is 7.86. The number of aromatic nitrogens is 1. The van der Waals surface area contributed by atoms with E-state index in [-0.39, 0.29) is 24.7 Å². The fourth-order valence-electron chi connectivity index (χ4n) is 4.47. The average molecular weight is 614 g/mol. The number of hydrogen-bond acceptors (Lipinski definition) is 3. The minimum atomic E-state index is -4.45. The molecule has 0 saturated carbocycles. The molecule has 0 bridgehead atoms. The molecular weight excluding hydrogens is 591 g/mol.